The number of carbonyl (C=O) groups excluding carboxylic acids is 1. The number of carboxylic acid groups (broad SMARTS) is 1. The van der Waals surface area contributed by atoms with Crippen molar-refractivity contribution in [2.75, 3.05) is 26.2 Å². The van der Waals surface area contributed by atoms with Gasteiger partial charge < -0.3 is 10.0 Å². The van der Waals surface area contributed by atoms with Gasteiger partial charge in [0.05, 0.1) is 12.0 Å². The molecule has 0 spiro atoms. The second kappa shape index (κ2) is 7.94. The molecule has 2 aromatic carbocycles. The van der Waals surface area contributed by atoms with Crippen molar-refractivity contribution in [1.82, 2.24) is 9.80 Å². The van der Waals surface area contributed by atoms with Crippen molar-refractivity contribution >= 4 is 11.9 Å². The van der Waals surface area contributed by atoms with E-state index in [1.165, 1.54) is 0 Å². The van der Waals surface area contributed by atoms with Gasteiger partial charge in [0.1, 0.15) is 0 Å². The molecule has 3 rings (SSSR count). The van der Waals surface area contributed by atoms with Crippen LogP contribution in [0.25, 0.3) is 0 Å². The van der Waals surface area contributed by atoms with Crippen molar-refractivity contribution in [3.05, 3.63) is 71.3 Å². The van der Waals surface area contributed by atoms with Gasteiger partial charge in [-0.2, -0.15) is 0 Å². The van der Waals surface area contributed by atoms with Gasteiger partial charge in [0.25, 0.3) is 0 Å². The zero-order valence-corrected chi connectivity index (χ0v) is 14.1. The van der Waals surface area contributed by atoms with Crippen molar-refractivity contribution in [3.63, 3.8) is 0 Å². The van der Waals surface area contributed by atoms with Gasteiger partial charge in [-0.15, -0.1) is 0 Å². The van der Waals surface area contributed by atoms with Crippen LogP contribution in [0.4, 0.5) is 0 Å². The number of piperazine rings is 1. The van der Waals surface area contributed by atoms with Crippen LogP contribution in [0.1, 0.15) is 21.5 Å². The number of amides is 1. The fraction of sp³-hybridized carbons (Fsp3) is 0.300. The smallest absolute Gasteiger partial charge is 0.335 e. The van der Waals surface area contributed by atoms with Crippen molar-refractivity contribution in [3.8, 4) is 0 Å². The number of rotatable bonds is 5. The Morgan fingerprint density at radius 3 is 2.08 bits per heavy atom. The Morgan fingerprint density at radius 1 is 0.840 bits per heavy atom. The Bertz CT molecular complexity index is 720. The number of carbonyl (C=O) groups is 2. The summed E-state index contributed by atoms with van der Waals surface area (Å²) >= 11 is 0. The van der Waals surface area contributed by atoms with Crippen molar-refractivity contribution in [1.29, 1.82) is 0 Å². The molecule has 0 saturated carbocycles. The summed E-state index contributed by atoms with van der Waals surface area (Å²) in [5.74, 6) is -0.728. The highest BCUT2D eigenvalue weighted by Crippen LogP contribution is 2.11. The SMILES string of the molecule is O=C(O)c1ccc(CN2CCN(C(=O)Cc3ccccc3)CC2)cc1. The average molecular weight is 338 g/mol. The molecule has 25 heavy (non-hydrogen) atoms. The molecular formula is C20H22N2O3. The van der Waals surface area contributed by atoms with Crippen LogP contribution in [0.2, 0.25) is 0 Å². The summed E-state index contributed by atoms with van der Waals surface area (Å²) in [6, 6.07) is 16.8. The van der Waals surface area contributed by atoms with Gasteiger partial charge >= 0.3 is 5.97 Å². The molecule has 0 atom stereocenters. The standard InChI is InChI=1S/C20H22N2O3/c23-19(14-16-4-2-1-3-5-16)22-12-10-21(11-13-22)15-17-6-8-18(9-7-17)20(24)25/h1-9H,10-15H2,(H,24,25). The lowest BCUT2D eigenvalue weighted by atomic mass is 10.1. The molecule has 130 valence electrons. The minimum atomic E-state index is -0.905. The number of benzene rings is 2. The lowest BCUT2D eigenvalue weighted by Gasteiger charge is -2.34. The van der Waals surface area contributed by atoms with E-state index in [1.807, 2.05) is 47.4 Å². The van der Waals surface area contributed by atoms with Crippen LogP contribution >= 0.6 is 0 Å². The maximum Gasteiger partial charge on any atom is 0.335 e. The molecule has 0 unspecified atom stereocenters. The Morgan fingerprint density at radius 2 is 1.48 bits per heavy atom. The molecule has 0 aliphatic carbocycles. The van der Waals surface area contributed by atoms with Crippen LogP contribution in [-0.2, 0) is 17.8 Å². The van der Waals surface area contributed by atoms with E-state index in [-0.39, 0.29) is 5.91 Å². The molecule has 2 aromatic rings. The first kappa shape index (κ1) is 17.2. The third-order valence-corrected chi connectivity index (χ3v) is 4.53. The van der Waals surface area contributed by atoms with Crippen LogP contribution in [0.15, 0.2) is 54.6 Å². The van der Waals surface area contributed by atoms with E-state index >= 15 is 0 Å². The van der Waals surface area contributed by atoms with Gasteiger partial charge in [-0.1, -0.05) is 42.5 Å². The molecule has 1 saturated heterocycles. The third-order valence-electron chi connectivity index (χ3n) is 4.53. The number of hydrogen-bond acceptors (Lipinski definition) is 3. The first-order valence-corrected chi connectivity index (χ1v) is 8.48. The summed E-state index contributed by atoms with van der Waals surface area (Å²) in [5.41, 5.74) is 2.45. The minimum absolute atomic E-state index is 0.177. The van der Waals surface area contributed by atoms with E-state index in [4.69, 9.17) is 5.11 Å². The van der Waals surface area contributed by atoms with Crippen LogP contribution in [0.3, 0.4) is 0 Å². The number of hydrogen-bond donors (Lipinski definition) is 1. The molecule has 1 amide bonds. The summed E-state index contributed by atoms with van der Waals surface area (Å²) in [7, 11) is 0. The molecule has 1 fully saturated rings. The summed E-state index contributed by atoms with van der Waals surface area (Å²) < 4.78 is 0. The first-order chi connectivity index (χ1) is 12.1. The average Bonchev–Trinajstić information content (AvgIpc) is 2.63. The summed E-state index contributed by atoms with van der Waals surface area (Å²) in [5, 5.41) is 8.94. The van der Waals surface area contributed by atoms with Gasteiger partial charge in [-0.25, -0.2) is 4.79 Å². The zero-order valence-electron chi connectivity index (χ0n) is 14.1. The lowest BCUT2D eigenvalue weighted by Crippen LogP contribution is -2.48. The van der Waals surface area contributed by atoms with E-state index in [9.17, 15) is 9.59 Å². The van der Waals surface area contributed by atoms with Gasteiger partial charge in [0.2, 0.25) is 5.91 Å². The Hall–Kier alpha value is -2.66. The van der Waals surface area contributed by atoms with Gasteiger partial charge in [0, 0.05) is 32.7 Å². The molecule has 0 bridgehead atoms. The van der Waals surface area contributed by atoms with Gasteiger partial charge in [-0.05, 0) is 23.3 Å². The maximum absolute atomic E-state index is 12.4. The van der Waals surface area contributed by atoms with Gasteiger partial charge in [-0.3, -0.25) is 9.69 Å². The predicted octanol–water partition coefficient (Wildman–Crippen LogP) is 2.27. The van der Waals surface area contributed by atoms with Crippen molar-refractivity contribution in [2.45, 2.75) is 13.0 Å². The van der Waals surface area contributed by atoms with Crippen LogP contribution < -0.4 is 0 Å². The fourth-order valence-electron chi connectivity index (χ4n) is 3.05. The van der Waals surface area contributed by atoms with E-state index in [2.05, 4.69) is 4.90 Å². The highest BCUT2D eigenvalue weighted by Gasteiger charge is 2.21. The molecule has 1 N–H and O–H groups in total. The Balaban J connectivity index is 1.48. The zero-order chi connectivity index (χ0) is 17.6. The first-order valence-electron chi connectivity index (χ1n) is 8.48. The molecule has 1 aliphatic rings. The monoisotopic (exact) mass is 338 g/mol. The van der Waals surface area contributed by atoms with Crippen LogP contribution in [0.5, 0.6) is 0 Å². The van der Waals surface area contributed by atoms with E-state index in [0.29, 0.717) is 12.0 Å². The molecule has 5 nitrogen and oxygen atoms in total. The third kappa shape index (κ3) is 4.67. The van der Waals surface area contributed by atoms with Crippen molar-refractivity contribution < 1.29 is 14.7 Å². The number of aromatic carboxylic acids is 1. The van der Waals surface area contributed by atoms with E-state index < -0.39 is 5.97 Å². The summed E-state index contributed by atoms with van der Waals surface area (Å²) in [6.45, 7) is 3.92. The highest BCUT2D eigenvalue weighted by atomic mass is 16.4. The van der Waals surface area contributed by atoms with Crippen LogP contribution in [0, 0.1) is 0 Å². The fourth-order valence-corrected chi connectivity index (χ4v) is 3.05. The second-order valence-corrected chi connectivity index (χ2v) is 6.32. The van der Waals surface area contributed by atoms with Gasteiger partial charge in [0.15, 0.2) is 0 Å². The van der Waals surface area contributed by atoms with E-state index in [0.717, 1.165) is 43.9 Å². The summed E-state index contributed by atoms with van der Waals surface area (Å²) in [4.78, 5) is 27.5. The second-order valence-electron chi connectivity index (χ2n) is 6.32. The Kier molecular flexibility index (Phi) is 5.46. The maximum atomic E-state index is 12.4. The highest BCUT2D eigenvalue weighted by molar-refractivity contribution is 5.87. The predicted molar refractivity (Wildman–Crippen MR) is 95.4 cm³/mol. The summed E-state index contributed by atoms with van der Waals surface area (Å²) in [6.07, 6.45) is 0.456. The topological polar surface area (TPSA) is 60.9 Å². The minimum Gasteiger partial charge on any atom is -0.478 e. The number of carboxylic acids is 1. The van der Waals surface area contributed by atoms with E-state index in [1.54, 1.807) is 12.1 Å². The normalized spacial score (nSPS) is 15.1. The molecule has 0 aromatic heterocycles. The largest absolute Gasteiger partial charge is 0.478 e. The molecule has 0 radical (unpaired) electrons. The lowest BCUT2D eigenvalue weighted by molar-refractivity contribution is -0.132. The molecule has 1 heterocycles. The Labute approximate surface area is 147 Å². The molecule has 1 aliphatic heterocycles. The number of nitrogens with zero attached hydrogens (tertiary/aromatic N) is 2. The molecular weight excluding hydrogens is 316 g/mol. The quantitative estimate of drug-likeness (QED) is 0.908. The van der Waals surface area contributed by atoms with Crippen LogP contribution in [-0.4, -0.2) is 53.0 Å². The molecule has 5 heteroatoms. The van der Waals surface area contributed by atoms with Crippen molar-refractivity contribution in [2.24, 2.45) is 0 Å².